The van der Waals surface area contributed by atoms with Gasteiger partial charge in [0.25, 0.3) is 0 Å². The van der Waals surface area contributed by atoms with Gasteiger partial charge in [-0.05, 0) is 76.1 Å². The molecular weight excluding hydrogens is 494 g/mol. The summed E-state index contributed by atoms with van der Waals surface area (Å²) in [4.78, 5) is 29.9. The number of fused-ring (bicyclic) bond motifs is 1. The Morgan fingerprint density at radius 3 is 2.31 bits per heavy atom. The van der Waals surface area contributed by atoms with E-state index in [2.05, 4.69) is 15.6 Å². The van der Waals surface area contributed by atoms with E-state index in [0.29, 0.717) is 28.3 Å². The Kier molecular flexibility index (Phi) is 7.90. The summed E-state index contributed by atoms with van der Waals surface area (Å²) in [7, 11) is 3.05. The van der Waals surface area contributed by atoms with Gasteiger partial charge in [0.2, 0.25) is 11.8 Å². The van der Waals surface area contributed by atoms with E-state index >= 15 is 0 Å². The van der Waals surface area contributed by atoms with E-state index in [9.17, 15) is 9.59 Å². The monoisotopic (exact) mass is 529 g/mol. The maximum absolute atomic E-state index is 14.3. The van der Waals surface area contributed by atoms with Crippen LogP contribution in [0.3, 0.4) is 0 Å². The van der Waals surface area contributed by atoms with Gasteiger partial charge in [0, 0.05) is 16.8 Å². The topological polar surface area (TPSA) is 98.6 Å². The van der Waals surface area contributed by atoms with Crippen LogP contribution in [-0.4, -0.2) is 46.6 Å². The third kappa shape index (κ3) is 6.03. The van der Waals surface area contributed by atoms with Crippen molar-refractivity contribution < 1.29 is 19.1 Å². The summed E-state index contributed by atoms with van der Waals surface area (Å²) in [6.45, 7) is 9.49. The van der Waals surface area contributed by atoms with Crippen LogP contribution in [0.15, 0.2) is 60.7 Å². The number of anilines is 1. The summed E-state index contributed by atoms with van der Waals surface area (Å²) in [6, 6.07) is 17.5. The fourth-order valence-electron chi connectivity index (χ4n) is 4.73. The number of methoxy groups -OCH3 is 2. The number of aromatic nitrogens is 3. The summed E-state index contributed by atoms with van der Waals surface area (Å²) >= 11 is 0. The molecule has 0 aliphatic carbocycles. The number of rotatable bonds is 8. The zero-order valence-corrected chi connectivity index (χ0v) is 23.5. The lowest BCUT2D eigenvalue weighted by Crippen LogP contribution is -2.50. The number of hydrogen-bond acceptors (Lipinski definition) is 6. The third-order valence-electron chi connectivity index (χ3n) is 6.19. The molecule has 1 atom stereocenters. The molecule has 0 aliphatic rings. The van der Waals surface area contributed by atoms with Gasteiger partial charge < -0.3 is 14.8 Å². The summed E-state index contributed by atoms with van der Waals surface area (Å²) in [5.74, 6) is 0.140. The zero-order valence-electron chi connectivity index (χ0n) is 23.5. The number of nitrogens with zero attached hydrogens (tertiary/aromatic N) is 4. The Morgan fingerprint density at radius 1 is 0.974 bits per heavy atom. The highest BCUT2D eigenvalue weighted by atomic mass is 16.5. The van der Waals surface area contributed by atoms with Crippen LogP contribution < -0.4 is 19.7 Å². The van der Waals surface area contributed by atoms with Gasteiger partial charge in [-0.3, -0.25) is 14.5 Å². The van der Waals surface area contributed by atoms with Gasteiger partial charge in [-0.1, -0.05) is 35.5 Å². The SMILES string of the molecule is COc1cccc([C@@H](C(=O)NC(C)(C)C)N(C(=O)Cn2nnc3ccccc32)c2cc(C)cc(C)c2)c1OC. The first kappa shape index (κ1) is 27.6. The fraction of sp³-hybridized carbons (Fsp3) is 0.333. The average molecular weight is 530 g/mol. The van der Waals surface area contributed by atoms with Gasteiger partial charge in [0.15, 0.2) is 11.5 Å². The van der Waals surface area contributed by atoms with Gasteiger partial charge in [-0.15, -0.1) is 5.10 Å². The van der Waals surface area contributed by atoms with E-state index in [1.165, 1.54) is 19.1 Å². The van der Waals surface area contributed by atoms with E-state index in [1.807, 2.05) is 77.1 Å². The Labute approximate surface area is 228 Å². The summed E-state index contributed by atoms with van der Waals surface area (Å²) < 4.78 is 12.8. The molecule has 0 aliphatic heterocycles. The van der Waals surface area contributed by atoms with Crippen LogP contribution in [0.2, 0.25) is 0 Å². The summed E-state index contributed by atoms with van der Waals surface area (Å²) in [5, 5.41) is 11.5. The van der Waals surface area contributed by atoms with Crippen molar-refractivity contribution in [2.24, 2.45) is 0 Å². The second-order valence-electron chi connectivity index (χ2n) is 10.6. The highest BCUT2D eigenvalue weighted by molar-refractivity contribution is 6.02. The number of ether oxygens (including phenoxy) is 2. The summed E-state index contributed by atoms with van der Waals surface area (Å²) in [5.41, 5.74) is 3.85. The molecular formula is C30H35N5O4. The normalized spacial score (nSPS) is 12.2. The average Bonchev–Trinajstić information content (AvgIpc) is 3.27. The minimum absolute atomic E-state index is 0.126. The van der Waals surface area contributed by atoms with Crippen molar-refractivity contribution >= 4 is 28.5 Å². The largest absolute Gasteiger partial charge is 0.493 e. The molecule has 0 spiro atoms. The number of benzene rings is 3. The van der Waals surface area contributed by atoms with Crippen LogP contribution in [0, 0.1) is 13.8 Å². The molecule has 204 valence electrons. The molecule has 0 fully saturated rings. The highest BCUT2D eigenvalue weighted by Crippen LogP contribution is 2.39. The van der Waals surface area contributed by atoms with E-state index in [0.717, 1.165) is 16.6 Å². The second kappa shape index (κ2) is 11.1. The molecule has 39 heavy (non-hydrogen) atoms. The van der Waals surface area contributed by atoms with Crippen molar-refractivity contribution in [1.29, 1.82) is 0 Å². The van der Waals surface area contributed by atoms with Gasteiger partial charge in [0.1, 0.15) is 18.1 Å². The molecule has 1 N–H and O–H groups in total. The van der Waals surface area contributed by atoms with Gasteiger partial charge in [-0.25, -0.2) is 4.68 Å². The van der Waals surface area contributed by atoms with Crippen LogP contribution in [0.5, 0.6) is 11.5 Å². The van der Waals surface area contributed by atoms with Crippen molar-refractivity contribution in [3.63, 3.8) is 0 Å². The molecule has 9 heteroatoms. The Balaban J connectivity index is 1.93. The van der Waals surface area contributed by atoms with E-state index in [1.54, 1.807) is 22.9 Å². The van der Waals surface area contributed by atoms with Gasteiger partial charge in [0.05, 0.1) is 19.7 Å². The maximum Gasteiger partial charge on any atom is 0.249 e. The van der Waals surface area contributed by atoms with Crippen LogP contribution in [-0.2, 0) is 16.1 Å². The smallest absolute Gasteiger partial charge is 0.249 e. The second-order valence-corrected chi connectivity index (χ2v) is 10.6. The third-order valence-corrected chi connectivity index (χ3v) is 6.19. The number of amides is 2. The first-order valence-electron chi connectivity index (χ1n) is 12.7. The highest BCUT2D eigenvalue weighted by Gasteiger charge is 2.37. The first-order valence-corrected chi connectivity index (χ1v) is 12.7. The number of carbonyl (C=O) groups excluding carboxylic acids is 2. The Hall–Kier alpha value is -4.40. The van der Waals surface area contributed by atoms with E-state index in [4.69, 9.17) is 9.47 Å². The summed E-state index contributed by atoms with van der Waals surface area (Å²) in [6.07, 6.45) is 0. The van der Waals surface area contributed by atoms with Crippen LogP contribution in [0.1, 0.15) is 43.5 Å². The van der Waals surface area contributed by atoms with Crippen molar-refractivity contribution in [2.45, 2.75) is 52.7 Å². The van der Waals surface area contributed by atoms with Crippen LogP contribution in [0.4, 0.5) is 5.69 Å². The minimum Gasteiger partial charge on any atom is -0.493 e. The number of hydrogen-bond donors (Lipinski definition) is 1. The molecule has 1 heterocycles. The van der Waals surface area contributed by atoms with Crippen molar-refractivity contribution in [1.82, 2.24) is 20.3 Å². The lowest BCUT2D eigenvalue weighted by atomic mass is 9.98. The quantitative estimate of drug-likeness (QED) is 0.354. The zero-order chi connectivity index (χ0) is 28.3. The molecule has 0 saturated carbocycles. The Bertz CT molecular complexity index is 1480. The molecule has 9 nitrogen and oxygen atoms in total. The van der Waals surface area contributed by atoms with E-state index in [-0.39, 0.29) is 18.4 Å². The number of para-hydroxylation sites is 2. The number of aryl methyl sites for hydroxylation is 2. The predicted molar refractivity (Wildman–Crippen MR) is 151 cm³/mol. The number of nitrogens with one attached hydrogen (secondary N) is 1. The molecule has 0 unspecified atom stereocenters. The molecule has 2 amide bonds. The first-order chi connectivity index (χ1) is 18.5. The molecule has 0 saturated heterocycles. The van der Waals surface area contributed by atoms with Crippen molar-refractivity contribution in [3.05, 3.63) is 77.4 Å². The molecule has 4 aromatic rings. The van der Waals surface area contributed by atoms with Gasteiger partial charge >= 0.3 is 0 Å². The van der Waals surface area contributed by atoms with Crippen molar-refractivity contribution in [3.8, 4) is 11.5 Å². The Morgan fingerprint density at radius 2 is 1.67 bits per heavy atom. The van der Waals surface area contributed by atoms with Crippen molar-refractivity contribution in [2.75, 3.05) is 19.1 Å². The molecule has 0 bridgehead atoms. The van der Waals surface area contributed by atoms with Gasteiger partial charge in [-0.2, -0.15) is 0 Å². The minimum atomic E-state index is -1.07. The molecule has 4 rings (SSSR count). The lowest BCUT2D eigenvalue weighted by molar-refractivity contribution is -0.128. The van der Waals surface area contributed by atoms with E-state index < -0.39 is 11.6 Å². The molecule has 0 radical (unpaired) electrons. The van der Waals surface area contributed by atoms with Crippen LogP contribution in [0.25, 0.3) is 11.0 Å². The standard InChI is InChI=1S/C30H35N5O4/c1-19-15-20(2)17-21(16-19)35(26(36)18-34-24-13-9-8-12-23(24)32-33-34)27(29(37)31-30(3,4)5)22-11-10-14-25(38-6)28(22)39-7/h8-17,27H,18H2,1-7H3,(H,31,37)/t27-/m0/s1. The predicted octanol–water partition coefficient (Wildman–Crippen LogP) is 4.75. The van der Waals surface area contributed by atoms with Crippen LogP contribution >= 0.6 is 0 Å². The molecule has 3 aromatic carbocycles. The molecule has 1 aromatic heterocycles. The number of carbonyl (C=O) groups is 2. The maximum atomic E-state index is 14.3. The fourth-order valence-corrected chi connectivity index (χ4v) is 4.73. The lowest BCUT2D eigenvalue weighted by Gasteiger charge is -2.35.